The van der Waals surface area contributed by atoms with Crippen molar-refractivity contribution >= 4 is 44.9 Å². The summed E-state index contributed by atoms with van der Waals surface area (Å²) in [5.41, 5.74) is 2.65. The second kappa shape index (κ2) is 8.74. The lowest BCUT2D eigenvalue weighted by atomic mass is 9.90. The van der Waals surface area contributed by atoms with E-state index in [2.05, 4.69) is 26.6 Å². The number of amides is 1. The number of hydrogen-bond donors (Lipinski definition) is 2. The summed E-state index contributed by atoms with van der Waals surface area (Å²) in [6.07, 6.45) is 0. The highest BCUT2D eigenvalue weighted by atomic mass is 79.9. The Labute approximate surface area is 166 Å². The average molecular weight is 425 g/mol. The fraction of sp³-hybridized carbons (Fsp3) is 0.0476. The van der Waals surface area contributed by atoms with Gasteiger partial charge in [0.2, 0.25) is 5.91 Å². The van der Waals surface area contributed by atoms with Gasteiger partial charge in [-0.1, -0.05) is 76.6 Å². The maximum absolute atomic E-state index is 13.0. The number of nitrogens with one attached hydrogen (secondary N) is 2. The van der Waals surface area contributed by atoms with Crippen LogP contribution in [0.5, 0.6) is 0 Å². The first-order valence-electron chi connectivity index (χ1n) is 8.11. The van der Waals surface area contributed by atoms with E-state index in [1.54, 1.807) is 0 Å². The zero-order chi connectivity index (χ0) is 18.4. The summed E-state index contributed by atoms with van der Waals surface area (Å²) in [4.78, 5) is 13.0. The Kier molecular flexibility index (Phi) is 6.15. The fourth-order valence-electron chi connectivity index (χ4n) is 2.67. The number of thiocarbonyl (C=S) groups is 1. The minimum Gasteiger partial charge on any atom is -0.332 e. The van der Waals surface area contributed by atoms with Crippen molar-refractivity contribution in [2.24, 2.45) is 0 Å². The molecule has 26 heavy (non-hydrogen) atoms. The first kappa shape index (κ1) is 18.3. The van der Waals surface area contributed by atoms with Gasteiger partial charge in [-0.05, 0) is 47.6 Å². The van der Waals surface area contributed by atoms with Crippen LogP contribution in [0, 0.1) is 0 Å². The van der Waals surface area contributed by atoms with Crippen LogP contribution >= 0.6 is 28.1 Å². The second-order valence-corrected chi connectivity index (χ2v) is 7.03. The van der Waals surface area contributed by atoms with Crippen molar-refractivity contribution in [3.05, 3.63) is 101 Å². The average Bonchev–Trinajstić information content (AvgIpc) is 2.65. The maximum atomic E-state index is 13.0. The van der Waals surface area contributed by atoms with Crippen LogP contribution in [0.4, 0.5) is 5.69 Å². The number of hydrogen-bond acceptors (Lipinski definition) is 2. The summed E-state index contributed by atoms with van der Waals surface area (Å²) < 4.78 is 0.978. The molecule has 0 saturated carbocycles. The van der Waals surface area contributed by atoms with Crippen LogP contribution in [-0.4, -0.2) is 11.0 Å². The van der Waals surface area contributed by atoms with Gasteiger partial charge in [-0.15, -0.1) is 0 Å². The number of benzene rings is 3. The third-order valence-electron chi connectivity index (χ3n) is 3.87. The van der Waals surface area contributed by atoms with Crippen molar-refractivity contribution in [3.8, 4) is 0 Å². The molecule has 0 aliphatic carbocycles. The third-order valence-corrected chi connectivity index (χ3v) is 4.60. The summed E-state index contributed by atoms with van der Waals surface area (Å²) in [5.74, 6) is -0.598. The molecule has 5 heteroatoms. The molecular formula is C21H17BrN2OS. The molecule has 0 aromatic heterocycles. The van der Waals surface area contributed by atoms with E-state index < -0.39 is 5.92 Å². The van der Waals surface area contributed by atoms with E-state index >= 15 is 0 Å². The zero-order valence-corrected chi connectivity index (χ0v) is 16.3. The van der Waals surface area contributed by atoms with E-state index in [4.69, 9.17) is 12.2 Å². The SMILES string of the molecule is O=C(NC(=S)Nc1ccc(Br)cc1)C(c1ccccc1)c1ccccc1. The summed E-state index contributed by atoms with van der Waals surface area (Å²) >= 11 is 8.70. The quantitative estimate of drug-likeness (QED) is 0.572. The van der Waals surface area contributed by atoms with E-state index in [0.29, 0.717) is 0 Å². The van der Waals surface area contributed by atoms with Gasteiger partial charge in [0.1, 0.15) is 0 Å². The molecule has 1 amide bonds. The zero-order valence-electron chi connectivity index (χ0n) is 13.9. The van der Waals surface area contributed by atoms with Crippen LogP contribution in [0.1, 0.15) is 17.0 Å². The summed E-state index contributed by atoms with van der Waals surface area (Å²) in [5, 5.41) is 6.12. The number of halogens is 1. The Balaban J connectivity index is 1.77. The molecule has 0 aliphatic rings. The molecule has 0 aliphatic heterocycles. The van der Waals surface area contributed by atoms with Gasteiger partial charge in [0.05, 0.1) is 5.92 Å². The highest BCUT2D eigenvalue weighted by Gasteiger charge is 2.23. The minimum absolute atomic E-state index is 0.169. The summed E-state index contributed by atoms with van der Waals surface area (Å²) in [6, 6.07) is 26.9. The first-order valence-corrected chi connectivity index (χ1v) is 9.31. The maximum Gasteiger partial charge on any atom is 0.238 e. The number of anilines is 1. The van der Waals surface area contributed by atoms with Crippen LogP contribution in [0.15, 0.2) is 89.4 Å². The Bertz CT molecular complexity index is 843. The van der Waals surface area contributed by atoms with E-state index in [1.807, 2.05) is 84.9 Å². The highest BCUT2D eigenvalue weighted by molar-refractivity contribution is 9.10. The minimum atomic E-state index is -0.429. The molecular weight excluding hydrogens is 408 g/mol. The summed E-state index contributed by atoms with van der Waals surface area (Å²) in [6.45, 7) is 0. The van der Waals surface area contributed by atoms with Crippen molar-refractivity contribution in [1.29, 1.82) is 0 Å². The van der Waals surface area contributed by atoms with E-state index in [1.165, 1.54) is 0 Å². The molecule has 0 unspecified atom stereocenters. The molecule has 0 radical (unpaired) electrons. The highest BCUT2D eigenvalue weighted by Crippen LogP contribution is 2.24. The molecule has 0 saturated heterocycles. The van der Waals surface area contributed by atoms with Crippen LogP contribution in [0.2, 0.25) is 0 Å². The molecule has 0 heterocycles. The van der Waals surface area contributed by atoms with E-state index in [9.17, 15) is 4.79 Å². The van der Waals surface area contributed by atoms with Gasteiger partial charge in [-0.25, -0.2) is 0 Å². The molecule has 3 aromatic rings. The molecule has 0 atom stereocenters. The lowest BCUT2D eigenvalue weighted by molar-refractivity contribution is -0.120. The number of carbonyl (C=O) groups is 1. The van der Waals surface area contributed by atoms with E-state index in [-0.39, 0.29) is 11.0 Å². The lowest BCUT2D eigenvalue weighted by Crippen LogP contribution is -2.37. The molecule has 0 fully saturated rings. The predicted molar refractivity (Wildman–Crippen MR) is 113 cm³/mol. The molecule has 130 valence electrons. The normalized spacial score (nSPS) is 10.4. The fourth-order valence-corrected chi connectivity index (χ4v) is 3.15. The molecule has 3 nitrogen and oxygen atoms in total. The second-order valence-electron chi connectivity index (χ2n) is 5.70. The number of carbonyl (C=O) groups excluding carboxylic acids is 1. The van der Waals surface area contributed by atoms with Crippen LogP contribution < -0.4 is 10.6 Å². The predicted octanol–water partition coefficient (Wildman–Crippen LogP) is 5.09. The van der Waals surface area contributed by atoms with Crippen LogP contribution in [0.3, 0.4) is 0 Å². The smallest absolute Gasteiger partial charge is 0.238 e. The van der Waals surface area contributed by atoms with Gasteiger partial charge in [-0.3, -0.25) is 4.79 Å². The lowest BCUT2D eigenvalue weighted by Gasteiger charge is -2.18. The van der Waals surface area contributed by atoms with Gasteiger partial charge < -0.3 is 10.6 Å². The summed E-state index contributed by atoms with van der Waals surface area (Å²) in [7, 11) is 0. The monoisotopic (exact) mass is 424 g/mol. The van der Waals surface area contributed by atoms with Gasteiger partial charge in [0.25, 0.3) is 0 Å². The topological polar surface area (TPSA) is 41.1 Å². The Morgan fingerprint density at radius 3 is 1.81 bits per heavy atom. The van der Waals surface area contributed by atoms with Gasteiger partial charge >= 0.3 is 0 Å². The Hall–Kier alpha value is -2.50. The largest absolute Gasteiger partial charge is 0.332 e. The van der Waals surface area contributed by atoms with Crippen LogP contribution in [0.25, 0.3) is 0 Å². The Morgan fingerprint density at radius 2 is 1.31 bits per heavy atom. The van der Waals surface area contributed by atoms with Crippen molar-refractivity contribution in [2.75, 3.05) is 5.32 Å². The third kappa shape index (κ3) is 4.77. The molecule has 0 bridgehead atoms. The van der Waals surface area contributed by atoms with Crippen molar-refractivity contribution < 1.29 is 4.79 Å². The number of rotatable bonds is 4. The molecule has 3 rings (SSSR count). The molecule has 3 aromatic carbocycles. The Morgan fingerprint density at radius 1 is 0.808 bits per heavy atom. The van der Waals surface area contributed by atoms with Gasteiger partial charge in [0, 0.05) is 10.2 Å². The molecule has 0 spiro atoms. The van der Waals surface area contributed by atoms with Crippen molar-refractivity contribution in [3.63, 3.8) is 0 Å². The first-order chi connectivity index (χ1) is 12.6. The van der Waals surface area contributed by atoms with Crippen LogP contribution in [-0.2, 0) is 4.79 Å². The van der Waals surface area contributed by atoms with E-state index in [0.717, 1.165) is 21.3 Å². The standard InChI is InChI=1S/C21H17BrN2OS/c22-17-11-13-18(14-12-17)23-21(26)24-20(25)19(15-7-3-1-4-8-15)16-9-5-2-6-10-16/h1-14,19H,(H2,23,24,25,26). The molecule has 2 N–H and O–H groups in total. The van der Waals surface area contributed by atoms with Crippen molar-refractivity contribution in [2.45, 2.75) is 5.92 Å². The van der Waals surface area contributed by atoms with Crippen molar-refractivity contribution in [1.82, 2.24) is 5.32 Å². The van der Waals surface area contributed by atoms with Gasteiger partial charge in [-0.2, -0.15) is 0 Å². The van der Waals surface area contributed by atoms with Gasteiger partial charge in [0.15, 0.2) is 5.11 Å².